The van der Waals surface area contributed by atoms with Gasteiger partial charge in [0.05, 0.1) is 19.8 Å². The summed E-state index contributed by atoms with van der Waals surface area (Å²) in [5.74, 6) is 0. The van der Waals surface area contributed by atoms with E-state index in [0.717, 1.165) is 12.0 Å². The highest BCUT2D eigenvalue weighted by molar-refractivity contribution is 5.29. The predicted octanol–water partition coefficient (Wildman–Crippen LogP) is 3.44. The fraction of sp³-hybridized carbons (Fsp3) is 0.667. The summed E-state index contributed by atoms with van der Waals surface area (Å²) in [4.78, 5) is 0. The lowest BCUT2D eigenvalue weighted by Crippen LogP contribution is -2.24. The van der Waals surface area contributed by atoms with Gasteiger partial charge in [-0.15, -0.1) is 0 Å². The topological polar surface area (TPSA) is 49.7 Å². The van der Waals surface area contributed by atoms with Crippen molar-refractivity contribution in [2.75, 3.05) is 19.8 Å². The minimum Gasteiger partial charge on any atom is -0.394 e. The number of benzene rings is 1. The SMILES string of the molecule is CC(C)(C)CC(C)(C)c1ccc(C(O)COCCO)cc1. The molecule has 0 bridgehead atoms. The number of aliphatic hydroxyl groups excluding tert-OH is 2. The number of hydrogen-bond donors (Lipinski definition) is 2. The monoisotopic (exact) mass is 294 g/mol. The van der Waals surface area contributed by atoms with Crippen molar-refractivity contribution in [2.24, 2.45) is 5.41 Å². The van der Waals surface area contributed by atoms with Crippen LogP contribution in [0.5, 0.6) is 0 Å². The maximum atomic E-state index is 10.0. The van der Waals surface area contributed by atoms with Crippen molar-refractivity contribution >= 4 is 0 Å². The third-order valence-corrected chi connectivity index (χ3v) is 3.56. The molecule has 0 aliphatic carbocycles. The van der Waals surface area contributed by atoms with Gasteiger partial charge in [0.1, 0.15) is 6.10 Å². The molecule has 0 aliphatic heterocycles. The number of rotatable bonds is 7. The smallest absolute Gasteiger partial charge is 0.102 e. The Bertz CT molecular complexity index is 415. The first-order valence-corrected chi connectivity index (χ1v) is 7.63. The molecule has 0 aliphatic rings. The molecule has 2 N–H and O–H groups in total. The molecule has 0 amide bonds. The van der Waals surface area contributed by atoms with E-state index in [1.807, 2.05) is 12.1 Å². The van der Waals surface area contributed by atoms with Crippen LogP contribution >= 0.6 is 0 Å². The van der Waals surface area contributed by atoms with Gasteiger partial charge < -0.3 is 14.9 Å². The maximum Gasteiger partial charge on any atom is 0.102 e. The van der Waals surface area contributed by atoms with E-state index in [1.54, 1.807) is 0 Å². The van der Waals surface area contributed by atoms with Crippen LogP contribution in [0.15, 0.2) is 24.3 Å². The molecular formula is C18H30O3. The van der Waals surface area contributed by atoms with E-state index in [9.17, 15) is 5.11 Å². The zero-order chi connectivity index (χ0) is 16.1. The van der Waals surface area contributed by atoms with Crippen molar-refractivity contribution in [3.63, 3.8) is 0 Å². The van der Waals surface area contributed by atoms with Crippen LogP contribution in [-0.2, 0) is 10.2 Å². The summed E-state index contributed by atoms with van der Waals surface area (Å²) >= 11 is 0. The van der Waals surface area contributed by atoms with Gasteiger partial charge in [0.25, 0.3) is 0 Å². The highest BCUT2D eigenvalue weighted by atomic mass is 16.5. The van der Waals surface area contributed by atoms with Crippen molar-refractivity contribution in [1.82, 2.24) is 0 Å². The fourth-order valence-electron chi connectivity index (χ4n) is 2.94. The molecule has 0 fully saturated rings. The van der Waals surface area contributed by atoms with Crippen LogP contribution in [0, 0.1) is 5.41 Å². The summed E-state index contributed by atoms with van der Waals surface area (Å²) in [6.07, 6.45) is 0.456. The van der Waals surface area contributed by atoms with E-state index >= 15 is 0 Å². The normalized spacial score (nSPS) is 14.2. The molecule has 0 saturated carbocycles. The molecule has 1 aromatic rings. The van der Waals surface area contributed by atoms with Gasteiger partial charge in [-0.05, 0) is 28.4 Å². The summed E-state index contributed by atoms with van der Waals surface area (Å²) in [5, 5.41) is 18.7. The van der Waals surface area contributed by atoms with Gasteiger partial charge in [-0.1, -0.05) is 58.9 Å². The Balaban J connectivity index is 2.73. The van der Waals surface area contributed by atoms with Gasteiger partial charge in [0.15, 0.2) is 0 Å². The van der Waals surface area contributed by atoms with E-state index in [0.29, 0.717) is 0 Å². The van der Waals surface area contributed by atoms with Crippen molar-refractivity contribution in [3.05, 3.63) is 35.4 Å². The number of hydrogen-bond acceptors (Lipinski definition) is 3. The molecule has 0 radical (unpaired) electrons. The summed E-state index contributed by atoms with van der Waals surface area (Å²) < 4.78 is 5.16. The quantitative estimate of drug-likeness (QED) is 0.757. The maximum absolute atomic E-state index is 10.0. The molecule has 1 rings (SSSR count). The van der Waals surface area contributed by atoms with Crippen molar-refractivity contribution < 1.29 is 14.9 Å². The summed E-state index contributed by atoms with van der Waals surface area (Å²) in [6.45, 7) is 11.7. The number of ether oxygens (including phenoxy) is 1. The van der Waals surface area contributed by atoms with Crippen LogP contribution in [-0.4, -0.2) is 30.0 Å². The highest BCUT2D eigenvalue weighted by Gasteiger charge is 2.27. The van der Waals surface area contributed by atoms with Crippen LogP contribution in [0.4, 0.5) is 0 Å². The second-order valence-electron chi connectivity index (χ2n) is 7.56. The molecule has 1 aromatic carbocycles. The van der Waals surface area contributed by atoms with Gasteiger partial charge in [0.2, 0.25) is 0 Å². The third-order valence-electron chi connectivity index (χ3n) is 3.56. The van der Waals surface area contributed by atoms with E-state index < -0.39 is 6.10 Å². The van der Waals surface area contributed by atoms with Gasteiger partial charge in [-0.2, -0.15) is 0 Å². The summed E-state index contributed by atoms with van der Waals surface area (Å²) in [5.41, 5.74) is 2.52. The van der Waals surface area contributed by atoms with E-state index in [2.05, 4.69) is 46.8 Å². The van der Waals surface area contributed by atoms with Crippen LogP contribution in [0.3, 0.4) is 0 Å². The minimum atomic E-state index is -0.642. The van der Waals surface area contributed by atoms with Crippen LogP contribution < -0.4 is 0 Å². The first kappa shape index (κ1) is 18.1. The van der Waals surface area contributed by atoms with Crippen molar-refractivity contribution in [2.45, 2.75) is 52.6 Å². The molecule has 3 nitrogen and oxygen atoms in total. The standard InChI is InChI=1S/C18H30O3/c1-17(2,3)13-18(4,5)15-8-6-14(7-9-15)16(20)12-21-11-10-19/h6-9,16,19-20H,10-13H2,1-5H3. The van der Waals surface area contributed by atoms with E-state index in [4.69, 9.17) is 9.84 Å². The Labute approximate surface area is 129 Å². The van der Waals surface area contributed by atoms with Gasteiger partial charge >= 0.3 is 0 Å². The predicted molar refractivity (Wildman–Crippen MR) is 86.4 cm³/mol. The van der Waals surface area contributed by atoms with Crippen LogP contribution in [0.1, 0.15) is 58.3 Å². The van der Waals surface area contributed by atoms with Gasteiger partial charge in [-0.25, -0.2) is 0 Å². The zero-order valence-electron chi connectivity index (χ0n) is 14.0. The van der Waals surface area contributed by atoms with Crippen LogP contribution in [0.2, 0.25) is 0 Å². The van der Waals surface area contributed by atoms with Crippen molar-refractivity contribution in [1.29, 1.82) is 0 Å². The molecule has 21 heavy (non-hydrogen) atoms. The molecule has 120 valence electrons. The first-order chi connectivity index (χ1) is 9.65. The lowest BCUT2D eigenvalue weighted by atomic mass is 9.72. The number of aliphatic hydroxyl groups is 2. The average molecular weight is 294 g/mol. The van der Waals surface area contributed by atoms with Crippen LogP contribution in [0.25, 0.3) is 0 Å². The van der Waals surface area contributed by atoms with Gasteiger partial charge in [0, 0.05) is 0 Å². The summed E-state index contributed by atoms with van der Waals surface area (Å²) in [6, 6.07) is 8.12. The molecule has 1 atom stereocenters. The second kappa shape index (κ2) is 7.39. The molecule has 0 saturated heterocycles. The second-order valence-corrected chi connectivity index (χ2v) is 7.56. The highest BCUT2D eigenvalue weighted by Crippen LogP contribution is 2.36. The van der Waals surface area contributed by atoms with E-state index in [-0.39, 0.29) is 30.7 Å². The van der Waals surface area contributed by atoms with E-state index in [1.165, 1.54) is 5.56 Å². The Morgan fingerprint density at radius 3 is 2.10 bits per heavy atom. The lowest BCUT2D eigenvalue weighted by Gasteiger charge is -2.33. The molecular weight excluding hydrogens is 264 g/mol. The fourth-order valence-corrected chi connectivity index (χ4v) is 2.94. The Hall–Kier alpha value is -0.900. The summed E-state index contributed by atoms with van der Waals surface area (Å²) in [7, 11) is 0. The minimum absolute atomic E-state index is 0.0212. The largest absolute Gasteiger partial charge is 0.394 e. The Morgan fingerprint density at radius 1 is 1.05 bits per heavy atom. The van der Waals surface area contributed by atoms with Gasteiger partial charge in [-0.3, -0.25) is 0 Å². The zero-order valence-corrected chi connectivity index (χ0v) is 14.0. The Kier molecular flexibility index (Phi) is 6.39. The molecule has 1 unspecified atom stereocenters. The molecule has 3 heteroatoms. The van der Waals surface area contributed by atoms with Crippen molar-refractivity contribution in [3.8, 4) is 0 Å². The molecule has 0 heterocycles. The molecule has 0 aromatic heterocycles. The average Bonchev–Trinajstić information content (AvgIpc) is 2.36. The first-order valence-electron chi connectivity index (χ1n) is 7.63. The third kappa shape index (κ3) is 6.16. The lowest BCUT2D eigenvalue weighted by molar-refractivity contribution is 0.0206. The molecule has 0 spiro atoms. The Morgan fingerprint density at radius 2 is 1.62 bits per heavy atom.